The Labute approximate surface area is 137 Å². The number of benzene rings is 1. The van der Waals surface area contributed by atoms with Gasteiger partial charge in [0.2, 0.25) is 0 Å². The average molecular weight is 338 g/mol. The fourth-order valence-electron chi connectivity index (χ4n) is 2.31. The van der Waals surface area contributed by atoms with Crippen molar-refractivity contribution in [2.45, 2.75) is 17.6 Å². The molecule has 0 radical (unpaired) electrons. The predicted molar refractivity (Wildman–Crippen MR) is 91.6 cm³/mol. The molecule has 1 amide bonds. The molecule has 0 spiro atoms. The lowest BCUT2D eigenvalue weighted by Gasteiger charge is -2.10. The van der Waals surface area contributed by atoms with Crippen LogP contribution in [0, 0.1) is 0 Å². The summed E-state index contributed by atoms with van der Waals surface area (Å²) in [4.78, 5) is 14.4. The number of carbonyl (C=O) groups is 1. The molecule has 5 heteroatoms. The van der Waals surface area contributed by atoms with Gasteiger partial charge in [-0.1, -0.05) is 30.3 Å². The molecule has 1 unspecified atom stereocenters. The van der Waals surface area contributed by atoms with Crippen LogP contribution in [0.2, 0.25) is 0 Å². The highest BCUT2D eigenvalue weighted by molar-refractivity contribution is 7.98. The van der Waals surface area contributed by atoms with Crippen molar-refractivity contribution in [3.05, 3.63) is 57.3 Å². The molecule has 1 aliphatic rings. The van der Waals surface area contributed by atoms with Gasteiger partial charge >= 0.3 is 0 Å². The Hall–Kier alpha value is -0.970. The number of amides is 1. The molecule has 0 bridgehead atoms. The molecule has 1 aromatic carbocycles. The van der Waals surface area contributed by atoms with E-state index in [9.17, 15) is 4.79 Å². The van der Waals surface area contributed by atoms with Crippen molar-refractivity contribution in [3.8, 4) is 0 Å². The smallest absolute Gasteiger partial charge is 0.261 e. The molecule has 0 fully saturated rings. The summed E-state index contributed by atoms with van der Waals surface area (Å²) in [7, 11) is 0. The maximum Gasteiger partial charge on any atom is 0.261 e. The van der Waals surface area contributed by atoms with Crippen LogP contribution in [0.5, 0.6) is 0 Å². The Morgan fingerprint density at radius 1 is 1.33 bits per heavy atom. The van der Waals surface area contributed by atoms with E-state index < -0.39 is 0 Å². The fraction of sp³-hybridized carbons (Fsp3) is 0.312. The van der Waals surface area contributed by atoms with Crippen molar-refractivity contribution < 1.29 is 4.79 Å². The van der Waals surface area contributed by atoms with Gasteiger partial charge in [0.25, 0.3) is 5.91 Å². The van der Waals surface area contributed by atoms with Gasteiger partial charge in [-0.25, -0.2) is 0 Å². The molecule has 3 rings (SSSR count). The fourth-order valence-corrected chi connectivity index (χ4v) is 4.82. The van der Waals surface area contributed by atoms with E-state index in [1.807, 2.05) is 48.2 Å². The minimum Gasteiger partial charge on any atom is -0.350 e. The summed E-state index contributed by atoms with van der Waals surface area (Å²) in [6, 6.07) is 11.9. The van der Waals surface area contributed by atoms with Gasteiger partial charge < -0.3 is 5.32 Å². The zero-order chi connectivity index (χ0) is 14.7. The van der Waals surface area contributed by atoms with Gasteiger partial charge in [0.05, 0.1) is 10.3 Å². The summed E-state index contributed by atoms with van der Waals surface area (Å²) in [6.45, 7) is 0.446. The lowest BCUT2D eigenvalue weighted by atomic mass is 10.1. The molecule has 0 saturated heterocycles. The molecule has 0 saturated carbocycles. The molecule has 0 aliphatic carbocycles. The monoisotopic (exact) mass is 337 g/mol. The van der Waals surface area contributed by atoms with Gasteiger partial charge in [-0.2, -0.15) is 11.8 Å². The van der Waals surface area contributed by atoms with E-state index >= 15 is 0 Å². The molecule has 1 N–H and O–H groups in total. The summed E-state index contributed by atoms with van der Waals surface area (Å²) in [5.74, 6) is 2.18. The van der Waals surface area contributed by atoms with Gasteiger partial charge in [-0.3, -0.25) is 4.79 Å². The zero-order valence-corrected chi connectivity index (χ0v) is 13.9. The van der Waals surface area contributed by atoms with Crippen molar-refractivity contribution in [2.24, 2.45) is 0 Å². The second kappa shape index (κ2) is 6.86. The van der Waals surface area contributed by atoms with Crippen LogP contribution in [0.25, 0.3) is 0 Å². The number of hydrogen-bond donors (Lipinski definition) is 1. The Bertz CT molecular complexity index is 603. The third-order valence-electron chi connectivity index (χ3n) is 3.45. The zero-order valence-electron chi connectivity index (χ0n) is 11.5. The first-order valence-electron chi connectivity index (χ1n) is 6.90. The Kier molecular flexibility index (Phi) is 4.88. The number of fused-ring (bicyclic) bond motifs is 1. The van der Waals surface area contributed by atoms with Crippen LogP contribution in [0.3, 0.4) is 0 Å². The van der Waals surface area contributed by atoms with Gasteiger partial charge in [0.15, 0.2) is 0 Å². The number of aryl methyl sites for hydroxylation is 1. The SMILES string of the molecule is O=C(NCC(Cl)c1ccccc1)c1cc2c(s1)CCSC2. The Balaban J connectivity index is 1.60. The van der Waals surface area contributed by atoms with E-state index in [0.717, 1.165) is 28.4 Å². The van der Waals surface area contributed by atoms with Crippen LogP contribution in [0.1, 0.15) is 31.1 Å². The lowest BCUT2D eigenvalue weighted by molar-refractivity contribution is 0.0957. The summed E-state index contributed by atoms with van der Waals surface area (Å²) in [6.07, 6.45) is 1.08. The van der Waals surface area contributed by atoms with Crippen molar-refractivity contribution in [3.63, 3.8) is 0 Å². The number of nitrogens with one attached hydrogen (secondary N) is 1. The lowest BCUT2D eigenvalue weighted by Crippen LogP contribution is -2.26. The van der Waals surface area contributed by atoms with E-state index in [-0.39, 0.29) is 11.3 Å². The van der Waals surface area contributed by atoms with Crippen LogP contribution < -0.4 is 5.32 Å². The number of thioether (sulfide) groups is 1. The average Bonchev–Trinajstić information content (AvgIpc) is 2.97. The van der Waals surface area contributed by atoms with Gasteiger partial charge in [-0.15, -0.1) is 22.9 Å². The predicted octanol–water partition coefficient (Wildman–Crippen LogP) is 4.25. The van der Waals surface area contributed by atoms with E-state index in [1.165, 1.54) is 10.4 Å². The summed E-state index contributed by atoms with van der Waals surface area (Å²) in [5.41, 5.74) is 2.35. The molecular weight excluding hydrogens is 322 g/mol. The first-order valence-corrected chi connectivity index (χ1v) is 9.31. The molecule has 2 heterocycles. The van der Waals surface area contributed by atoms with Gasteiger partial charge in [-0.05, 0) is 29.4 Å². The van der Waals surface area contributed by atoms with Crippen LogP contribution in [-0.4, -0.2) is 18.2 Å². The minimum absolute atomic E-state index is 0.0130. The third-order valence-corrected chi connectivity index (χ3v) is 6.10. The highest BCUT2D eigenvalue weighted by Crippen LogP contribution is 2.31. The number of thiophene rings is 1. The molecule has 21 heavy (non-hydrogen) atoms. The van der Waals surface area contributed by atoms with Crippen LogP contribution in [0.15, 0.2) is 36.4 Å². The number of alkyl halides is 1. The van der Waals surface area contributed by atoms with E-state index in [2.05, 4.69) is 5.32 Å². The highest BCUT2D eigenvalue weighted by Gasteiger charge is 2.18. The molecule has 1 aromatic heterocycles. The summed E-state index contributed by atoms with van der Waals surface area (Å²) < 4.78 is 0. The van der Waals surface area contributed by atoms with E-state index in [0.29, 0.717) is 6.54 Å². The second-order valence-corrected chi connectivity index (χ2v) is 7.72. The van der Waals surface area contributed by atoms with Crippen molar-refractivity contribution in [1.29, 1.82) is 0 Å². The summed E-state index contributed by atoms with van der Waals surface area (Å²) >= 11 is 9.88. The third kappa shape index (κ3) is 3.62. The van der Waals surface area contributed by atoms with Gasteiger partial charge in [0.1, 0.15) is 0 Å². The quantitative estimate of drug-likeness (QED) is 0.845. The molecule has 1 atom stereocenters. The molecule has 2 aromatic rings. The molecular formula is C16H16ClNOS2. The van der Waals surface area contributed by atoms with Gasteiger partial charge in [0, 0.05) is 17.2 Å². The second-order valence-electron chi connectivity index (χ2n) is 4.95. The van der Waals surface area contributed by atoms with Crippen molar-refractivity contribution in [1.82, 2.24) is 5.32 Å². The number of carbonyl (C=O) groups excluding carboxylic acids is 1. The van der Waals surface area contributed by atoms with Crippen LogP contribution in [-0.2, 0) is 12.2 Å². The normalized spacial score (nSPS) is 15.3. The Morgan fingerprint density at radius 3 is 2.90 bits per heavy atom. The van der Waals surface area contributed by atoms with Crippen molar-refractivity contribution >= 4 is 40.6 Å². The maximum atomic E-state index is 12.2. The number of hydrogen-bond acceptors (Lipinski definition) is 3. The first-order chi connectivity index (χ1) is 10.2. The standard InChI is InChI=1S/C16H16ClNOS2/c17-13(11-4-2-1-3-5-11)9-18-16(19)15-8-12-10-20-7-6-14(12)21-15/h1-5,8,13H,6-7,9-10H2,(H,18,19). The molecule has 2 nitrogen and oxygen atoms in total. The minimum atomic E-state index is -0.194. The number of rotatable bonds is 4. The Morgan fingerprint density at radius 2 is 2.14 bits per heavy atom. The number of halogens is 1. The molecule has 110 valence electrons. The van der Waals surface area contributed by atoms with Crippen molar-refractivity contribution in [2.75, 3.05) is 12.3 Å². The van der Waals surface area contributed by atoms with E-state index in [1.54, 1.807) is 11.3 Å². The molecule has 1 aliphatic heterocycles. The van der Waals surface area contributed by atoms with Crippen LogP contribution >= 0.6 is 34.7 Å². The largest absolute Gasteiger partial charge is 0.350 e. The highest BCUT2D eigenvalue weighted by atomic mass is 35.5. The first kappa shape index (κ1) is 14.9. The van der Waals surface area contributed by atoms with E-state index in [4.69, 9.17) is 11.6 Å². The van der Waals surface area contributed by atoms with Crippen LogP contribution in [0.4, 0.5) is 0 Å². The topological polar surface area (TPSA) is 29.1 Å². The summed E-state index contributed by atoms with van der Waals surface area (Å²) in [5, 5.41) is 2.74. The maximum absolute atomic E-state index is 12.2.